The van der Waals surface area contributed by atoms with Gasteiger partial charge in [0.25, 0.3) is 0 Å². The summed E-state index contributed by atoms with van der Waals surface area (Å²) in [6, 6.07) is 5.65. The number of hydrogen-bond donors (Lipinski definition) is 1. The van der Waals surface area contributed by atoms with E-state index in [-0.39, 0.29) is 0 Å². The maximum Gasteiger partial charge on any atom is 0.131 e. The molecule has 2 N–H and O–H groups in total. The first kappa shape index (κ1) is 14.4. The number of nitrogen functional groups attached to an aromatic ring is 1. The van der Waals surface area contributed by atoms with E-state index in [1.165, 1.54) is 0 Å². The van der Waals surface area contributed by atoms with Gasteiger partial charge in [-0.3, -0.25) is 0 Å². The molecule has 1 aromatic heterocycles. The van der Waals surface area contributed by atoms with E-state index in [0.717, 1.165) is 40.9 Å². The standard InChI is InChI=1S/C14H17BrClN3/c1-3-4-7-19-9(2)18-13(14(19)17)11-6-5-10(16)8-12(11)15/h5-6,8H,3-4,7,17H2,1-2H3. The Morgan fingerprint density at radius 3 is 2.79 bits per heavy atom. The molecule has 3 nitrogen and oxygen atoms in total. The fraction of sp³-hybridized carbons (Fsp3) is 0.357. The molecule has 0 aliphatic rings. The number of aromatic nitrogens is 2. The van der Waals surface area contributed by atoms with Gasteiger partial charge < -0.3 is 10.3 Å². The van der Waals surface area contributed by atoms with Crippen molar-refractivity contribution in [3.63, 3.8) is 0 Å². The molecule has 0 amide bonds. The van der Waals surface area contributed by atoms with Crippen LogP contribution >= 0.6 is 27.5 Å². The molecule has 0 fully saturated rings. The summed E-state index contributed by atoms with van der Waals surface area (Å²) in [5.74, 6) is 1.66. The summed E-state index contributed by atoms with van der Waals surface area (Å²) in [5, 5.41) is 0.691. The number of unbranched alkanes of at least 4 members (excludes halogenated alkanes) is 1. The molecule has 1 aromatic carbocycles. The topological polar surface area (TPSA) is 43.8 Å². The monoisotopic (exact) mass is 341 g/mol. The fourth-order valence-electron chi connectivity index (χ4n) is 2.06. The number of imidazole rings is 1. The van der Waals surface area contributed by atoms with Crippen LogP contribution in [0.25, 0.3) is 11.3 Å². The highest BCUT2D eigenvalue weighted by Crippen LogP contribution is 2.34. The summed E-state index contributed by atoms with van der Waals surface area (Å²) in [4.78, 5) is 4.59. The molecule has 0 aliphatic heterocycles. The van der Waals surface area contributed by atoms with E-state index in [9.17, 15) is 0 Å². The molecule has 0 saturated carbocycles. The van der Waals surface area contributed by atoms with E-state index in [2.05, 4.69) is 32.4 Å². The highest BCUT2D eigenvalue weighted by molar-refractivity contribution is 9.10. The molecular weight excluding hydrogens is 326 g/mol. The number of hydrogen-bond acceptors (Lipinski definition) is 2. The van der Waals surface area contributed by atoms with Gasteiger partial charge in [0.05, 0.1) is 0 Å². The van der Waals surface area contributed by atoms with Crippen LogP contribution in [-0.2, 0) is 6.54 Å². The van der Waals surface area contributed by atoms with Crippen molar-refractivity contribution < 1.29 is 0 Å². The van der Waals surface area contributed by atoms with Crippen LogP contribution in [0.1, 0.15) is 25.6 Å². The third-order valence-corrected chi connectivity index (χ3v) is 4.01. The Morgan fingerprint density at radius 2 is 2.16 bits per heavy atom. The highest BCUT2D eigenvalue weighted by atomic mass is 79.9. The van der Waals surface area contributed by atoms with Gasteiger partial charge >= 0.3 is 0 Å². The molecule has 0 spiro atoms. The van der Waals surface area contributed by atoms with Crippen LogP contribution in [0.15, 0.2) is 22.7 Å². The lowest BCUT2D eigenvalue weighted by molar-refractivity contribution is 0.622. The van der Waals surface area contributed by atoms with Gasteiger partial charge in [0.2, 0.25) is 0 Å². The summed E-state index contributed by atoms with van der Waals surface area (Å²) in [6.07, 6.45) is 2.24. The normalized spacial score (nSPS) is 10.9. The van der Waals surface area contributed by atoms with Gasteiger partial charge in [-0.1, -0.05) is 46.9 Å². The molecule has 1 heterocycles. The summed E-state index contributed by atoms with van der Waals surface area (Å²) < 4.78 is 2.98. The van der Waals surface area contributed by atoms with Crippen LogP contribution in [0.5, 0.6) is 0 Å². The smallest absolute Gasteiger partial charge is 0.131 e. The second-order valence-electron chi connectivity index (χ2n) is 4.52. The summed E-state index contributed by atoms with van der Waals surface area (Å²) in [6.45, 7) is 5.06. The SMILES string of the molecule is CCCCn1c(C)nc(-c2ccc(Cl)cc2Br)c1N. The molecular formula is C14H17BrClN3. The minimum atomic E-state index is 0.691. The van der Waals surface area contributed by atoms with Gasteiger partial charge in [0, 0.05) is 21.6 Å². The Morgan fingerprint density at radius 1 is 1.42 bits per heavy atom. The maximum atomic E-state index is 6.23. The van der Waals surface area contributed by atoms with Crippen molar-refractivity contribution in [2.45, 2.75) is 33.2 Å². The fourth-order valence-corrected chi connectivity index (χ4v) is 2.93. The van der Waals surface area contributed by atoms with Crippen molar-refractivity contribution in [2.24, 2.45) is 0 Å². The van der Waals surface area contributed by atoms with Crippen LogP contribution in [0.4, 0.5) is 5.82 Å². The lowest BCUT2D eigenvalue weighted by Gasteiger charge is -2.07. The minimum absolute atomic E-state index is 0.691. The van der Waals surface area contributed by atoms with Crippen LogP contribution in [0.3, 0.4) is 0 Å². The van der Waals surface area contributed by atoms with Crippen LogP contribution in [0.2, 0.25) is 5.02 Å². The summed E-state index contributed by atoms with van der Waals surface area (Å²) in [5.41, 5.74) is 8.02. The number of benzene rings is 1. The minimum Gasteiger partial charge on any atom is -0.383 e. The zero-order valence-corrected chi connectivity index (χ0v) is 13.4. The van der Waals surface area contributed by atoms with E-state index in [4.69, 9.17) is 17.3 Å². The quantitative estimate of drug-likeness (QED) is 0.878. The Bertz CT molecular complexity index is 593. The van der Waals surface area contributed by atoms with Crippen LogP contribution in [0, 0.1) is 6.92 Å². The van der Waals surface area contributed by atoms with Gasteiger partial charge in [-0.15, -0.1) is 0 Å². The van der Waals surface area contributed by atoms with Crippen molar-refractivity contribution in [3.05, 3.63) is 33.5 Å². The molecule has 2 aromatic rings. The van der Waals surface area contributed by atoms with Crippen molar-refractivity contribution in [3.8, 4) is 11.3 Å². The zero-order valence-electron chi connectivity index (χ0n) is 11.1. The number of halogens is 2. The van der Waals surface area contributed by atoms with Gasteiger partial charge in [-0.2, -0.15) is 0 Å². The first-order valence-corrected chi connectivity index (χ1v) is 7.49. The molecule has 5 heteroatoms. The molecule has 19 heavy (non-hydrogen) atoms. The Hall–Kier alpha value is -1.00. The number of aryl methyl sites for hydroxylation is 1. The second kappa shape index (κ2) is 5.97. The van der Waals surface area contributed by atoms with E-state index in [0.29, 0.717) is 10.8 Å². The van der Waals surface area contributed by atoms with E-state index < -0.39 is 0 Å². The van der Waals surface area contributed by atoms with E-state index in [1.807, 2.05) is 25.1 Å². The number of nitrogens with zero attached hydrogens (tertiary/aromatic N) is 2. The van der Waals surface area contributed by atoms with Crippen molar-refractivity contribution in [1.82, 2.24) is 9.55 Å². The van der Waals surface area contributed by atoms with Gasteiger partial charge in [0.1, 0.15) is 17.3 Å². The van der Waals surface area contributed by atoms with E-state index in [1.54, 1.807) is 0 Å². The van der Waals surface area contributed by atoms with Gasteiger partial charge in [-0.25, -0.2) is 4.98 Å². The molecule has 0 atom stereocenters. The third kappa shape index (κ3) is 2.95. The number of nitrogens with two attached hydrogens (primary N) is 1. The first-order valence-electron chi connectivity index (χ1n) is 6.32. The second-order valence-corrected chi connectivity index (χ2v) is 5.81. The number of anilines is 1. The Balaban J connectivity index is 2.45. The lowest BCUT2D eigenvalue weighted by Crippen LogP contribution is -2.05. The Labute approximate surface area is 126 Å². The molecule has 0 radical (unpaired) electrons. The van der Waals surface area contributed by atoms with Crippen LogP contribution in [-0.4, -0.2) is 9.55 Å². The molecule has 2 rings (SSSR count). The Kier molecular flexibility index (Phi) is 4.53. The van der Waals surface area contributed by atoms with Crippen molar-refractivity contribution >= 4 is 33.3 Å². The van der Waals surface area contributed by atoms with Crippen molar-refractivity contribution in [2.75, 3.05) is 5.73 Å². The average Bonchev–Trinajstić information content (AvgIpc) is 2.63. The average molecular weight is 343 g/mol. The van der Waals surface area contributed by atoms with E-state index >= 15 is 0 Å². The molecule has 0 saturated heterocycles. The molecule has 102 valence electrons. The lowest BCUT2D eigenvalue weighted by atomic mass is 10.1. The zero-order chi connectivity index (χ0) is 14.0. The first-order chi connectivity index (χ1) is 9.04. The predicted molar refractivity (Wildman–Crippen MR) is 84.4 cm³/mol. The summed E-state index contributed by atoms with van der Waals surface area (Å²) >= 11 is 9.48. The van der Waals surface area contributed by atoms with Gasteiger partial charge in [-0.05, 0) is 25.5 Å². The molecule has 0 aliphatic carbocycles. The highest BCUT2D eigenvalue weighted by Gasteiger charge is 2.15. The molecule has 0 bridgehead atoms. The van der Waals surface area contributed by atoms with Crippen molar-refractivity contribution in [1.29, 1.82) is 0 Å². The summed E-state index contributed by atoms with van der Waals surface area (Å²) in [7, 11) is 0. The predicted octanol–water partition coefficient (Wildman–Crippen LogP) is 4.66. The largest absolute Gasteiger partial charge is 0.383 e. The van der Waals surface area contributed by atoms with Crippen LogP contribution < -0.4 is 5.73 Å². The third-order valence-electron chi connectivity index (χ3n) is 3.12. The number of rotatable bonds is 4. The van der Waals surface area contributed by atoms with Gasteiger partial charge in [0.15, 0.2) is 0 Å². The molecule has 0 unspecified atom stereocenters. The maximum absolute atomic E-state index is 6.23.